The lowest BCUT2D eigenvalue weighted by Crippen LogP contribution is -2.21. The fourth-order valence-corrected chi connectivity index (χ4v) is 2.90. The number of likely N-dealkylation sites (N-methyl/N-ethyl adjacent to an activating group) is 1. The van der Waals surface area contributed by atoms with Gasteiger partial charge >= 0.3 is 0 Å². The highest BCUT2D eigenvalue weighted by atomic mass is 35.5. The van der Waals surface area contributed by atoms with Gasteiger partial charge in [-0.05, 0) is 44.5 Å². The van der Waals surface area contributed by atoms with E-state index in [1.54, 1.807) is 0 Å². The summed E-state index contributed by atoms with van der Waals surface area (Å²) in [6.07, 6.45) is 1.86. The summed E-state index contributed by atoms with van der Waals surface area (Å²) >= 11 is 6.48. The molecular weight excluding hydrogens is 282 g/mol. The zero-order chi connectivity index (χ0) is 15.4. The zero-order valence-corrected chi connectivity index (χ0v) is 14.0. The van der Waals surface area contributed by atoms with E-state index >= 15 is 0 Å². The van der Waals surface area contributed by atoms with Crippen LogP contribution in [0.1, 0.15) is 42.4 Å². The highest BCUT2D eigenvalue weighted by Crippen LogP contribution is 2.28. The highest BCUT2D eigenvalue weighted by molar-refractivity contribution is 6.32. The molecule has 1 heterocycles. The van der Waals surface area contributed by atoms with Crippen molar-refractivity contribution in [3.05, 3.63) is 51.8 Å². The monoisotopic (exact) mass is 305 g/mol. The summed E-state index contributed by atoms with van der Waals surface area (Å²) < 4.78 is 2.09. The lowest BCUT2D eigenvalue weighted by Gasteiger charge is -2.19. The van der Waals surface area contributed by atoms with Crippen molar-refractivity contribution in [2.45, 2.75) is 46.2 Å². The first-order valence-corrected chi connectivity index (χ1v) is 7.96. The molecule has 3 nitrogen and oxygen atoms in total. The molecule has 0 saturated carbocycles. The zero-order valence-electron chi connectivity index (χ0n) is 13.3. The highest BCUT2D eigenvalue weighted by Gasteiger charge is 2.17. The topological polar surface area (TPSA) is 29.9 Å². The fourth-order valence-electron chi connectivity index (χ4n) is 2.64. The first-order valence-electron chi connectivity index (χ1n) is 7.58. The van der Waals surface area contributed by atoms with Gasteiger partial charge in [-0.25, -0.2) is 0 Å². The molecule has 0 aliphatic rings. The van der Waals surface area contributed by atoms with Gasteiger partial charge in [-0.1, -0.05) is 36.7 Å². The van der Waals surface area contributed by atoms with Gasteiger partial charge in [0.2, 0.25) is 0 Å². The first kappa shape index (κ1) is 16.1. The van der Waals surface area contributed by atoms with Gasteiger partial charge in [-0.2, -0.15) is 5.10 Å². The second-order valence-electron chi connectivity index (χ2n) is 5.32. The molecule has 0 bridgehead atoms. The van der Waals surface area contributed by atoms with Crippen molar-refractivity contribution in [1.82, 2.24) is 15.1 Å². The molecule has 0 fully saturated rings. The molecule has 1 aromatic heterocycles. The van der Waals surface area contributed by atoms with Crippen LogP contribution in [-0.4, -0.2) is 16.8 Å². The molecule has 0 spiro atoms. The normalized spacial score (nSPS) is 12.6. The van der Waals surface area contributed by atoms with Crippen LogP contribution in [-0.2, 0) is 19.4 Å². The molecular formula is C17H24ClN3. The Hall–Kier alpha value is -1.32. The van der Waals surface area contributed by atoms with Crippen LogP contribution in [0.3, 0.4) is 0 Å². The molecule has 0 aliphatic heterocycles. The molecule has 2 rings (SSSR count). The van der Waals surface area contributed by atoms with E-state index in [2.05, 4.69) is 47.1 Å². The average Bonchev–Trinajstić information content (AvgIpc) is 2.90. The molecule has 0 radical (unpaired) electrons. The van der Waals surface area contributed by atoms with Gasteiger partial charge in [-0.15, -0.1) is 0 Å². The average molecular weight is 306 g/mol. The van der Waals surface area contributed by atoms with E-state index in [1.807, 2.05) is 20.0 Å². The van der Waals surface area contributed by atoms with Crippen molar-refractivity contribution in [2.24, 2.45) is 0 Å². The molecule has 0 amide bonds. The molecule has 21 heavy (non-hydrogen) atoms. The number of rotatable bonds is 6. The van der Waals surface area contributed by atoms with Crippen LogP contribution in [0.25, 0.3) is 0 Å². The smallest absolute Gasteiger partial charge is 0.0624 e. The summed E-state index contributed by atoms with van der Waals surface area (Å²) in [7, 11) is 1.98. The molecule has 4 heteroatoms. The van der Waals surface area contributed by atoms with Crippen molar-refractivity contribution < 1.29 is 0 Å². The predicted octanol–water partition coefficient (Wildman–Crippen LogP) is 3.93. The summed E-state index contributed by atoms with van der Waals surface area (Å²) in [4.78, 5) is 0. The summed E-state index contributed by atoms with van der Waals surface area (Å²) in [5, 5.41) is 8.87. The molecule has 114 valence electrons. The van der Waals surface area contributed by atoms with Crippen LogP contribution in [0.2, 0.25) is 5.02 Å². The van der Waals surface area contributed by atoms with Crippen molar-refractivity contribution >= 4 is 11.6 Å². The van der Waals surface area contributed by atoms with Gasteiger partial charge in [0.1, 0.15) is 0 Å². The van der Waals surface area contributed by atoms with Crippen molar-refractivity contribution in [3.8, 4) is 0 Å². The maximum absolute atomic E-state index is 6.48. The minimum atomic E-state index is 0.198. The molecule has 0 aliphatic carbocycles. The summed E-state index contributed by atoms with van der Waals surface area (Å²) in [6, 6.07) is 8.62. The second kappa shape index (κ2) is 7.10. The van der Waals surface area contributed by atoms with Crippen LogP contribution in [0.4, 0.5) is 0 Å². The minimum absolute atomic E-state index is 0.198. The Morgan fingerprint density at radius 1 is 1.33 bits per heavy atom. The SMILES string of the molecule is CCc1cc(CC(NC)c2cccc(C)c2Cl)n(CC)n1. The molecule has 0 saturated heterocycles. The van der Waals surface area contributed by atoms with Crippen molar-refractivity contribution in [3.63, 3.8) is 0 Å². The number of nitrogens with one attached hydrogen (secondary N) is 1. The number of aryl methyl sites for hydroxylation is 3. The van der Waals surface area contributed by atoms with Crippen LogP contribution < -0.4 is 5.32 Å². The quantitative estimate of drug-likeness (QED) is 0.876. The number of aromatic nitrogens is 2. The molecule has 1 atom stereocenters. The van der Waals surface area contributed by atoms with Gasteiger partial charge in [-0.3, -0.25) is 4.68 Å². The number of benzene rings is 1. The fraction of sp³-hybridized carbons (Fsp3) is 0.471. The second-order valence-corrected chi connectivity index (χ2v) is 5.70. The van der Waals surface area contributed by atoms with Gasteiger partial charge in [0.05, 0.1) is 5.69 Å². The third-order valence-corrected chi connectivity index (χ3v) is 4.45. The van der Waals surface area contributed by atoms with Gasteiger partial charge in [0.15, 0.2) is 0 Å². The third-order valence-electron chi connectivity index (χ3n) is 3.93. The Kier molecular flexibility index (Phi) is 5.43. The molecule has 2 aromatic rings. The first-order chi connectivity index (χ1) is 10.1. The van der Waals surface area contributed by atoms with Gasteiger partial charge in [0, 0.05) is 29.7 Å². The predicted molar refractivity (Wildman–Crippen MR) is 89.0 cm³/mol. The Morgan fingerprint density at radius 2 is 2.10 bits per heavy atom. The van der Waals surface area contributed by atoms with Gasteiger partial charge in [0.25, 0.3) is 0 Å². The molecule has 1 aromatic carbocycles. The van der Waals surface area contributed by atoms with E-state index in [1.165, 1.54) is 5.69 Å². The maximum Gasteiger partial charge on any atom is 0.0624 e. The summed E-state index contributed by atoms with van der Waals surface area (Å²) in [5.74, 6) is 0. The van der Waals surface area contributed by atoms with E-state index < -0.39 is 0 Å². The number of halogens is 1. The standard InChI is InChI=1S/C17H24ClN3/c1-5-13-10-14(21(6-2)20-13)11-16(19-4)15-9-7-8-12(3)17(15)18/h7-10,16,19H,5-6,11H2,1-4H3. The van der Waals surface area contributed by atoms with Crippen LogP contribution in [0, 0.1) is 6.92 Å². The lowest BCUT2D eigenvalue weighted by molar-refractivity contribution is 0.540. The summed E-state index contributed by atoms with van der Waals surface area (Å²) in [6.45, 7) is 7.21. The van der Waals surface area contributed by atoms with Gasteiger partial charge < -0.3 is 5.32 Å². The van der Waals surface area contributed by atoms with Crippen LogP contribution in [0.15, 0.2) is 24.3 Å². The van der Waals surface area contributed by atoms with Crippen molar-refractivity contribution in [1.29, 1.82) is 0 Å². The van der Waals surface area contributed by atoms with E-state index in [4.69, 9.17) is 11.6 Å². The van der Waals surface area contributed by atoms with E-state index in [0.29, 0.717) is 0 Å². The van der Waals surface area contributed by atoms with E-state index in [0.717, 1.165) is 41.2 Å². The van der Waals surface area contributed by atoms with Crippen molar-refractivity contribution in [2.75, 3.05) is 7.05 Å². The Bertz CT molecular complexity index is 604. The molecule has 1 N–H and O–H groups in total. The molecule has 1 unspecified atom stereocenters. The number of hydrogen-bond acceptors (Lipinski definition) is 2. The Morgan fingerprint density at radius 3 is 2.71 bits per heavy atom. The Labute approximate surface area is 132 Å². The minimum Gasteiger partial charge on any atom is -0.313 e. The number of nitrogens with zero attached hydrogens (tertiary/aromatic N) is 2. The maximum atomic E-state index is 6.48. The van der Waals surface area contributed by atoms with E-state index in [9.17, 15) is 0 Å². The van der Waals surface area contributed by atoms with Crippen LogP contribution >= 0.6 is 11.6 Å². The third kappa shape index (κ3) is 3.47. The number of hydrogen-bond donors (Lipinski definition) is 1. The van der Waals surface area contributed by atoms with E-state index in [-0.39, 0.29) is 6.04 Å². The lowest BCUT2D eigenvalue weighted by atomic mass is 10.00. The largest absolute Gasteiger partial charge is 0.313 e. The summed E-state index contributed by atoms with van der Waals surface area (Å²) in [5.41, 5.74) is 4.68. The Balaban J connectivity index is 2.31. The van der Waals surface area contributed by atoms with Crippen LogP contribution in [0.5, 0.6) is 0 Å².